The fourth-order valence-electron chi connectivity index (χ4n) is 3.72. The van der Waals surface area contributed by atoms with E-state index in [1.54, 1.807) is 61.8 Å². The molecule has 1 unspecified atom stereocenters. The highest BCUT2D eigenvalue weighted by Gasteiger charge is 2.24. The highest BCUT2D eigenvalue weighted by atomic mass is 19.1. The minimum absolute atomic E-state index is 0.0641. The normalized spacial score (nSPS) is 12.7. The summed E-state index contributed by atoms with van der Waals surface area (Å²) in [5.41, 5.74) is 3.02. The Morgan fingerprint density at radius 1 is 1.00 bits per heavy atom. The highest BCUT2D eigenvalue weighted by Crippen LogP contribution is 2.32. The van der Waals surface area contributed by atoms with Crippen molar-refractivity contribution in [1.82, 2.24) is 15.6 Å². The maximum absolute atomic E-state index is 12.9. The van der Waals surface area contributed by atoms with Gasteiger partial charge in [-0.25, -0.2) is 14.0 Å². The van der Waals surface area contributed by atoms with Crippen LogP contribution in [0.2, 0.25) is 0 Å². The van der Waals surface area contributed by atoms with Crippen molar-refractivity contribution in [3.05, 3.63) is 107 Å². The standard InChI is InChI=1S/C29H30FN3O5/c1-20(27(34)32-16-14-30)17-25(24-9-6-15-31-18-24)26(22-10-12-23(13-11-22)28(35)37-2)33-29(36)38-19-21-7-4-3-5-8-21/h3-13,15,17-18,20,26H,14,16,19H2,1-2H3,(H,32,34)(H,33,36)/b25-17+/t20-,26?/m1/s1. The molecule has 0 saturated carbocycles. The van der Waals surface area contributed by atoms with Crippen molar-refractivity contribution >= 4 is 23.5 Å². The number of ether oxygens (including phenoxy) is 2. The number of hydrogen-bond donors (Lipinski definition) is 2. The monoisotopic (exact) mass is 519 g/mol. The van der Waals surface area contributed by atoms with Gasteiger partial charge in [0.05, 0.1) is 24.6 Å². The number of aromatic nitrogens is 1. The first-order valence-corrected chi connectivity index (χ1v) is 12.0. The van der Waals surface area contributed by atoms with Gasteiger partial charge in [-0.3, -0.25) is 9.78 Å². The van der Waals surface area contributed by atoms with Crippen LogP contribution in [0.1, 0.15) is 40.0 Å². The Hall–Kier alpha value is -4.53. The van der Waals surface area contributed by atoms with E-state index in [1.165, 1.54) is 7.11 Å². The van der Waals surface area contributed by atoms with Crippen LogP contribution in [-0.2, 0) is 20.9 Å². The van der Waals surface area contributed by atoms with Gasteiger partial charge >= 0.3 is 12.1 Å². The van der Waals surface area contributed by atoms with Gasteiger partial charge in [0.2, 0.25) is 5.91 Å². The van der Waals surface area contributed by atoms with Gasteiger partial charge in [-0.2, -0.15) is 0 Å². The molecule has 2 atom stereocenters. The second-order valence-electron chi connectivity index (χ2n) is 8.39. The maximum atomic E-state index is 12.9. The van der Waals surface area contributed by atoms with Gasteiger partial charge in [-0.05, 0) is 40.5 Å². The Morgan fingerprint density at radius 2 is 1.74 bits per heavy atom. The average molecular weight is 520 g/mol. The Kier molecular flexibility index (Phi) is 10.5. The van der Waals surface area contributed by atoms with Crippen molar-refractivity contribution in [2.24, 2.45) is 5.92 Å². The van der Waals surface area contributed by atoms with E-state index in [2.05, 4.69) is 15.6 Å². The smallest absolute Gasteiger partial charge is 0.408 e. The lowest BCUT2D eigenvalue weighted by Crippen LogP contribution is -2.32. The van der Waals surface area contributed by atoms with E-state index in [4.69, 9.17) is 9.47 Å². The summed E-state index contributed by atoms with van der Waals surface area (Å²) in [5, 5.41) is 5.42. The van der Waals surface area contributed by atoms with Crippen molar-refractivity contribution in [3.8, 4) is 0 Å². The minimum Gasteiger partial charge on any atom is -0.465 e. The molecule has 2 aromatic carbocycles. The van der Waals surface area contributed by atoms with E-state index in [0.29, 0.717) is 22.3 Å². The number of carbonyl (C=O) groups excluding carboxylic acids is 3. The summed E-state index contributed by atoms with van der Waals surface area (Å²) in [6, 6.07) is 18.6. The van der Waals surface area contributed by atoms with Crippen LogP contribution in [0, 0.1) is 5.92 Å². The molecule has 0 saturated heterocycles. The zero-order valence-electron chi connectivity index (χ0n) is 21.2. The first-order valence-electron chi connectivity index (χ1n) is 12.0. The predicted octanol–water partition coefficient (Wildman–Crippen LogP) is 4.64. The van der Waals surface area contributed by atoms with Crippen LogP contribution in [0.5, 0.6) is 0 Å². The Bertz CT molecular complexity index is 1230. The molecule has 0 bridgehead atoms. The second kappa shape index (κ2) is 14.3. The Balaban J connectivity index is 1.98. The number of amides is 2. The molecule has 1 heterocycles. The van der Waals surface area contributed by atoms with Crippen molar-refractivity contribution in [2.75, 3.05) is 20.3 Å². The fourth-order valence-corrected chi connectivity index (χ4v) is 3.72. The fraction of sp³-hybridized carbons (Fsp3) is 0.241. The molecule has 0 radical (unpaired) electrons. The quantitative estimate of drug-likeness (QED) is 0.358. The lowest BCUT2D eigenvalue weighted by molar-refractivity contribution is -0.123. The number of pyridine rings is 1. The van der Waals surface area contributed by atoms with E-state index < -0.39 is 30.7 Å². The van der Waals surface area contributed by atoms with Crippen molar-refractivity contribution in [3.63, 3.8) is 0 Å². The van der Waals surface area contributed by atoms with E-state index in [9.17, 15) is 18.8 Å². The third-order valence-electron chi connectivity index (χ3n) is 5.68. The van der Waals surface area contributed by atoms with Gasteiger partial charge in [0.15, 0.2) is 0 Å². The summed E-state index contributed by atoms with van der Waals surface area (Å²) in [6.45, 7) is 0.965. The van der Waals surface area contributed by atoms with Crippen LogP contribution in [0.3, 0.4) is 0 Å². The van der Waals surface area contributed by atoms with Gasteiger partial charge in [0, 0.05) is 18.9 Å². The van der Waals surface area contributed by atoms with Crippen LogP contribution in [0.25, 0.3) is 5.57 Å². The number of halogens is 1. The lowest BCUT2D eigenvalue weighted by Gasteiger charge is -2.24. The maximum Gasteiger partial charge on any atom is 0.408 e. The molecule has 8 nitrogen and oxygen atoms in total. The topological polar surface area (TPSA) is 107 Å². The summed E-state index contributed by atoms with van der Waals surface area (Å²) >= 11 is 0. The first-order chi connectivity index (χ1) is 18.4. The van der Waals surface area contributed by atoms with Crippen LogP contribution in [-0.4, -0.2) is 43.3 Å². The number of hydrogen-bond acceptors (Lipinski definition) is 6. The zero-order valence-corrected chi connectivity index (χ0v) is 21.2. The summed E-state index contributed by atoms with van der Waals surface area (Å²) in [7, 11) is 1.29. The average Bonchev–Trinajstić information content (AvgIpc) is 2.97. The van der Waals surface area contributed by atoms with Gasteiger partial charge < -0.3 is 20.1 Å². The summed E-state index contributed by atoms with van der Waals surface area (Å²) in [4.78, 5) is 41.7. The van der Waals surface area contributed by atoms with Crippen LogP contribution in [0.4, 0.5) is 9.18 Å². The van der Waals surface area contributed by atoms with Crippen LogP contribution < -0.4 is 10.6 Å². The van der Waals surface area contributed by atoms with E-state index in [0.717, 1.165) is 5.56 Å². The predicted molar refractivity (Wildman–Crippen MR) is 141 cm³/mol. The van der Waals surface area contributed by atoms with E-state index >= 15 is 0 Å². The molecule has 9 heteroatoms. The number of carbonyl (C=O) groups is 3. The lowest BCUT2D eigenvalue weighted by atomic mass is 9.90. The number of alkyl halides is 1. The number of alkyl carbamates (subject to hydrolysis) is 1. The number of nitrogens with one attached hydrogen (secondary N) is 2. The molecule has 0 spiro atoms. The molecule has 2 amide bonds. The zero-order chi connectivity index (χ0) is 27.3. The Morgan fingerprint density at radius 3 is 2.37 bits per heavy atom. The molecule has 198 valence electrons. The van der Waals surface area contributed by atoms with Gasteiger partial charge in [-0.15, -0.1) is 0 Å². The number of rotatable bonds is 11. The number of nitrogens with zero attached hydrogens (tertiary/aromatic N) is 1. The number of methoxy groups -OCH3 is 1. The SMILES string of the molecule is COC(=O)c1ccc(C(NC(=O)OCc2ccccc2)/C(=C/[C@@H](C)C(=O)NCCF)c2cccnc2)cc1. The van der Waals surface area contributed by atoms with Gasteiger partial charge in [0.25, 0.3) is 0 Å². The molecule has 3 aromatic rings. The third kappa shape index (κ3) is 7.99. The van der Waals surface area contributed by atoms with Crippen LogP contribution >= 0.6 is 0 Å². The van der Waals surface area contributed by atoms with Gasteiger partial charge in [0.1, 0.15) is 13.3 Å². The van der Waals surface area contributed by atoms with Gasteiger partial charge in [-0.1, -0.05) is 61.5 Å². The molecule has 1 aromatic heterocycles. The summed E-state index contributed by atoms with van der Waals surface area (Å²) in [6.07, 6.45) is 4.24. The molecule has 38 heavy (non-hydrogen) atoms. The van der Waals surface area contributed by atoms with Crippen LogP contribution in [0.15, 0.2) is 85.2 Å². The molecule has 0 fully saturated rings. The largest absolute Gasteiger partial charge is 0.465 e. The molecule has 2 N–H and O–H groups in total. The van der Waals surface area contributed by atoms with Crippen molar-refractivity contribution < 1.29 is 28.2 Å². The molecular weight excluding hydrogens is 489 g/mol. The number of benzene rings is 2. The molecule has 0 aliphatic rings. The number of esters is 1. The molecular formula is C29H30FN3O5. The highest BCUT2D eigenvalue weighted by molar-refractivity contribution is 5.89. The molecule has 3 rings (SSSR count). The third-order valence-corrected chi connectivity index (χ3v) is 5.68. The second-order valence-corrected chi connectivity index (χ2v) is 8.39. The molecule has 0 aliphatic carbocycles. The van der Waals surface area contributed by atoms with E-state index in [-0.39, 0.29) is 19.1 Å². The summed E-state index contributed by atoms with van der Waals surface area (Å²) in [5.74, 6) is -1.52. The van der Waals surface area contributed by atoms with E-state index in [1.807, 2.05) is 30.3 Å². The van der Waals surface area contributed by atoms with Crippen molar-refractivity contribution in [1.29, 1.82) is 0 Å². The molecule has 0 aliphatic heterocycles. The minimum atomic E-state index is -0.773. The van der Waals surface area contributed by atoms with Crippen molar-refractivity contribution in [2.45, 2.75) is 19.6 Å². The first kappa shape index (κ1) is 28.0. The Labute approximate surface area is 220 Å². The summed E-state index contributed by atoms with van der Waals surface area (Å²) < 4.78 is 22.9.